The van der Waals surface area contributed by atoms with Gasteiger partial charge >= 0.3 is 0 Å². The molecule has 0 aliphatic heterocycles. The number of rotatable bonds is 2. The van der Waals surface area contributed by atoms with Crippen LogP contribution >= 0.6 is 10.7 Å². The maximum Gasteiger partial charge on any atom is 0.261 e. The molecule has 3 rings (SSSR count). The number of aromatic nitrogens is 2. The molecule has 1 aliphatic carbocycles. The Balaban J connectivity index is 2.01. The summed E-state index contributed by atoms with van der Waals surface area (Å²) >= 11 is 0. The van der Waals surface area contributed by atoms with Crippen LogP contribution in [0.2, 0.25) is 0 Å². The van der Waals surface area contributed by atoms with Gasteiger partial charge in [0.2, 0.25) is 0 Å². The topological polar surface area (TPSA) is 62.8 Å². The average Bonchev–Trinajstić information content (AvgIpc) is 2.81. The molecule has 0 atom stereocenters. The number of nitrogens with zero attached hydrogens (tertiary/aromatic N) is 1. The van der Waals surface area contributed by atoms with E-state index in [0.29, 0.717) is 5.92 Å². The molecule has 1 heterocycles. The van der Waals surface area contributed by atoms with Gasteiger partial charge in [0.25, 0.3) is 9.05 Å². The van der Waals surface area contributed by atoms with Gasteiger partial charge in [-0.1, -0.05) is 19.3 Å². The molecule has 4 nitrogen and oxygen atoms in total. The van der Waals surface area contributed by atoms with Crippen LogP contribution in [0.1, 0.15) is 43.8 Å². The van der Waals surface area contributed by atoms with Gasteiger partial charge in [-0.05, 0) is 31.0 Å². The first-order valence-corrected chi connectivity index (χ1v) is 8.79. The Morgan fingerprint density at radius 1 is 1.21 bits per heavy atom. The van der Waals surface area contributed by atoms with Crippen molar-refractivity contribution in [2.24, 2.45) is 0 Å². The van der Waals surface area contributed by atoms with Crippen molar-refractivity contribution in [3.8, 4) is 0 Å². The van der Waals surface area contributed by atoms with Gasteiger partial charge < -0.3 is 4.98 Å². The lowest BCUT2D eigenvalue weighted by Crippen LogP contribution is -2.05. The van der Waals surface area contributed by atoms with E-state index in [0.717, 1.165) is 29.7 Å². The van der Waals surface area contributed by atoms with E-state index in [-0.39, 0.29) is 4.90 Å². The monoisotopic (exact) mass is 298 g/mol. The van der Waals surface area contributed by atoms with Crippen LogP contribution < -0.4 is 0 Å². The van der Waals surface area contributed by atoms with Crippen LogP contribution in [0.3, 0.4) is 0 Å². The highest BCUT2D eigenvalue weighted by Gasteiger charge is 2.19. The summed E-state index contributed by atoms with van der Waals surface area (Å²) in [5.74, 6) is 1.44. The van der Waals surface area contributed by atoms with Crippen LogP contribution in [-0.2, 0) is 9.05 Å². The Morgan fingerprint density at radius 2 is 1.95 bits per heavy atom. The molecule has 6 heteroatoms. The number of halogens is 1. The van der Waals surface area contributed by atoms with E-state index in [1.54, 1.807) is 12.1 Å². The van der Waals surface area contributed by atoms with Crippen LogP contribution in [0, 0.1) is 0 Å². The second-order valence-electron chi connectivity index (χ2n) is 5.07. The number of hydrogen-bond acceptors (Lipinski definition) is 3. The molecule has 0 radical (unpaired) electrons. The molecule has 0 saturated heterocycles. The summed E-state index contributed by atoms with van der Waals surface area (Å²) in [6, 6.07) is 4.75. The fraction of sp³-hybridized carbons (Fsp3) is 0.462. The van der Waals surface area contributed by atoms with E-state index >= 15 is 0 Å². The molecule has 1 N–H and O–H groups in total. The summed E-state index contributed by atoms with van der Waals surface area (Å²) in [6.07, 6.45) is 6.08. The Kier molecular flexibility index (Phi) is 3.27. The fourth-order valence-electron chi connectivity index (χ4n) is 2.73. The van der Waals surface area contributed by atoms with Crippen LogP contribution in [0.25, 0.3) is 11.0 Å². The van der Waals surface area contributed by atoms with Gasteiger partial charge in [-0.3, -0.25) is 0 Å². The van der Waals surface area contributed by atoms with E-state index in [1.807, 2.05) is 0 Å². The lowest BCUT2D eigenvalue weighted by atomic mass is 9.89. The summed E-state index contributed by atoms with van der Waals surface area (Å²) < 4.78 is 22.6. The van der Waals surface area contributed by atoms with Gasteiger partial charge in [-0.25, -0.2) is 13.4 Å². The standard InChI is InChI=1S/C13H15ClN2O2S/c14-19(17,18)10-6-7-11-12(8-10)16-13(15-11)9-4-2-1-3-5-9/h6-9H,1-5H2,(H,15,16). The molecule has 0 amide bonds. The lowest BCUT2D eigenvalue weighted by molar-refractivity contribution is 0.431. The number of benzene rings is 1. The Hall–Kier alpha value is -1.07. The number of H-pyrrole nitrogens is 1. The van der Waals surface area contributed by atoms with Crippen LogP contribution in [0.4, 0.5) is 0 Å². The maximum atomic E-state index is 11.3. The predicted molar refractivity (Wildman–Crippen MR) is 75.0 cm³/mol. The highest BCUT2D eigenvalue weighted by atomic mass is 35.7. The van der Waals surface area contributed by atoms with Crippen LogP contribution in [-0.4, -0.2) is 18.4 Å². The highest BCUT2D eigenvalue weighted by Crippen LogP contribution is 2.32. The summed E-state index contributed by atoms with van der Waals surface area (Å²) in [6.45, 7) is 0. The quantitative estimate of drug-likeness (QED) is 0.863. The van der Waals surface area contributed by atoms with Crippen molar-refractivity contribution >= 4 is 30.8 Å². The normalized spacial score (nSPS) is 17.9. The Labute approximate surface area is 116 Å². The van der Waals surface area contributed by atoms with E-state index in [9.17, 15) is 8.42 Å². The van der Waals surface area contributed by atoms with E-state index < -0.39 is 9.05 Å². The third-order valence-corrected chi connectivity index (χ3v) is 5.10. The zero-order valence-electron chi connectivity index (χ0n) is 10.4. The molecular formula is C13H15ClN2O2S. The molecule has 0 spiro atoms. The van der Waals surface area contributed by atoms with Crippen molar-refractivity contribution in [1.82, 2.24) is 9.97 Å². The number of nitrogens with one attached hydrogen (secondary N) is 1. The summed E-state index contributed by atoms with van der Waals surface area (Å²) in [7, 11) is 1.67. The number of hydrogen-bond donors (Lipinski definition) is 1. The van der Waals surface area contributed by atoms with Crippen molar-refractivity contribution < 1.29 is 8.42 Å². The smallest absolute Gasteiger partial charge is 0.261 e. The number of imidazole rings is 1. The molecule has 1 saturated carbocycles. The van der Waals surface area contributed by atoms with Gasteiger partial charge in [0.15, 0.2) is 0 Å². The van der Waals surface area contributed by atoms with Crippen molar-refractivity contribution in [3.63, 3.8) is 0 Å². The van der Waals surface area contributed by atoms with Crippen molar-refractivity contribution in [2.45, 2.75) is 42.9 Å². The molecule has 0 unspecified atom stereocenters. The average molecular weight is 299 g/mol. The summed E-state index contributed by atoms with van der Waals surface area (Å²) in [5.41, 5.74) is 1.53. The second-order valence-corrected chi connectivity index (χ2v) is 7.64. The first-order valence-electron chi connectivity index (χ1n) is 6.48. The minimum absolute atomic E-state index is 0.112. The van der Waals surface area contributed by atoms with E-state index in [1.165, 1.54) is 25.3 Å². The summed E-state index contributed by atoms with van der Waals surface area (Å²) in [4.78, 5) is 7.92. The molecule has 0 bridgehead atoms. The second kappa shape index (κ2) is 4.80. The molecule has 1 aromatic heterocycles. The molecule has 1 aliphatic rings. The van der Waals surface area contributed by atoms with Gasteiger partial charge in [-0.15, -0.1) is 0 Å². The molecule has 1 aromatic carbocycles. The first-order chi connectivity index (χ1) is 9.04. The lowest BCUT2D eigenvalue weighted by Gasteiger charge is -2.18. The van der Waals surface area contributed by atoms with E-state index in [2.05, 4.69) is 9.97 Å². The molecule has 19 heavy (non-hydrogen) atoms. The van der Waals surface area contributed by atoms with Crippen molar-refractivity contribution in [3.05, 3.63) is 24.0 Å². The molecule has 1 fully saturated rings. The van der Waals surface area contributed by atoms with Gasteiger partial charge in [0.1, 0.15) is 5.82 Å². The SMILES string of the molecule is O=S(=O)(Cl)c1ccc2nc(C3CCCCC3)[nH]c2c1. The third kappa shape index (κ3) is 2.62. The minimum Gasteiger partial charge on any atom is -0.342 e. The molecular weight excluding hydrogens is 284 g/mol. The maximum absolute atomic E-state index is 11.3. The predicted octanol–water partition coefficient (Wildman–Crippen LogP) is 3.54. The molecule has 102 valence electrons. The van der Waals surface area contributed by atoms with E-state index in [4.69, 9.17) is 10.7 Å². The minimum atomic E-state index is -3.69. The summed E-state index contributed by atoms with van der Waals surface area (Å²) in [5, 5.41) is 0. The largest absolute Gasteiger partial charge is 0.342 e. The zero-order chi connectivity index (χ0) is 13.5. The van der Waals surface area contributed by atoms with Crippen LogP contribution in [0.15, 0.2) is 23.1 Å². The van der Waals surface area contributed by atoms with Gasteiger partial charge in [-0.2, -0.15) is 0 Å². The van der Waals surface area contributed by atoms with Crippen molar-refractivity contribution in [2.75, 3.05) is 0 Å². The first kappa shape index (κ1) is 12.9. The Bertz CT molecular complexity index is 703. The third-order valence-electron chi connectivity index (χ3n) is 3.75. The van der Waals surface area contributed by atoms with Gasteiger partial charge in [0, 0.05) is 16.6 Å². The van der Waals surface area contributed by atoms with Crippen LogP contribution in [0.5, 0.6) is 0 Å². The van der Waals surface area contributed by atoms with Gasteiger partial charge in [0.05, 0.1) is 15.9 Å². The highest BCUT2D eigenvalue weighted by molar-refractivity contribution is 8.13. The number of fused-ring (bicyclic) bond motifs is 1. The fourth-order valence-corrected chi connectivity index (χ4v) is 3.51. The zero-order valence-corrected chi connectivity index (χ0v) is 12.0. The Morgan fingerprint density at radius 3 is 2.63 bits per heavy atom. The number of aromatic amines is 1. The van der Waals surface area contributed by atoms with Crippen molar-refractivity contribution in [1.29, 1.82) is 0 Å². The molecule has 2 aromatic rings.